The molecule has 7 heteroatoms. The number of benzene rings is 1. The first-order chi connectivity index (χ1) is 9.06. The lowest BCUT2D eigenvalue weighted by Gasteiger charge is -2.08. The molecule has 1 N–H and O–H groups in total. The number of aromatic nitrogens is 2. The first-order valence-electron chi connectivity index (χ1n) is 5.35. The molecule has 1 aromatic carbocycles. The van der Waals surface area contributed by atoms with Gasteiger partial charge in [0.2, 0.25) is 0 Å². The maximum absolute atomic E-state index is 13.6. The summed E-state index contributed by atoms with van der Waals surface area (Å²) in [5.74, 6) is -0.509. The Hall–Kier alpha value is -2.31. The van der Waals surface area contributed by atoms with Gasteiger partial charge in [-0.25, -0.2) is 14.4 Å². The summed E-state index contributed by atoms with van der Waals surface area (Å²) in [6, 6.07) is 5.66. The zero-order valence-electron chi connectivity index (χ0n) is 9.90. The van der Waals surface area contributed by atoms with Crippen molar-refractivity contribution in [2.45, 2.75) is 13.5 Å². The van der Waals surface area contributed by atoms with Crippen molar-refractivity contribution in [3.8, 4) is 5.75 Å². The standard InChI is InChI=1S/C12H10F3N3O/c1-7-10(13)11(17-6-16-7)18-8-2-4-9(5-3-8)19-12(14)15/h2-6,12H,1H3,(H,16,17,18). The molecule has 0 aliphatic carbocycles. The maximum Gasteiger partial charge on any atom is 0.387 e. The average molecular weight is 269 g/mol. The van der Waals surface area contributed by atoms with E-state index in [1.807, 2.05) is 0 Å². The molecule has 0 amide bonds. The number of nitrogens with zero attached hydrogens (tertiary/aromatic N) is 2. The third kappa shape index (κ3) is 3.34. The Bertz CT molecular complexity index is 561. The molecule has 0 bridgehead atoms. The van der Waals surface area contributed by atoms with Crippen LogP contribution in [0.25, 0.3) is 0 Å². The van der Waals surface area contributed by atoms with E-state index in [1.165, 1.54) is 37.5 Å². The van der Waals surface area contributed by atoms with E-state index in [4.69, 9.17) is 0 Å². The Morgan fingerprint density at radius 3 is 2.47 bits per heavy atom. The van der Waals surface area contributed by atoms with Crippen LogP contribution in [0.4, 0.5) is 24.7 Å². The minimum atomic E-state index is -2.87. The predicted octanol–water partition coefficient (Wildman–Crippen LogP) is 3.27. The number of nitrogens with one attached hydrogen (secondary N) is 1. The molecule has 0 radical (unpaired) electrons. The van der Waals surface area contributed by atoms with Crippen molar-refractivity contribution in [1.82, 2.24) is 9.97 Å². The number of halogens is 3. The van der Waals surface area contributed by atoms with Crippen molar-refractivity contribution in [2.75, 3.05) is 5.32 Å². The van der Waals surface area contributed by atoms with Crippen LogP contribution in [-0.2, 0) is 0 Å². The summed E-state index contributed by atoms with van der Waals surface area (Å²) in [7, 11) is 0. The number of aryl methyl sites for hydroxylation is 1. The van der Waals surface area contributed by atoms with Crippen molar-refractivity contribution in [3.63, 3.8) is 0 Å². The smallest absolute Gasteiger partial charge is 0.387 e. The normalized spacial score (nSPS) is 10.6. The molecule has 100 valence electrons. The number of rotatable bonds is 4. The monoisotopic (exact) mass is 269 g/mol. The van der Waals surface area contributed by atoms with Crippen molar-refractivity contribution < 1.29 is 17.9 Å². The lowest BCUT2D eigenvalue weighted by molar-refractivity contribution is -0.0498. The van der Waals surface area contributed by atoms with E-state index >= 15 is 0 Å². The molecular weight excluding hydrogens is 259 g/mol. The number of hydrogen-bond donors (Lipinski definition) is 1. The van der Waals surface area contributed by atoms with Gasteiger partial charge in [-0.2, -0.15) is 8.78 Å². The van der Waals surface area contributed by atoms with Crippen LogP contribution < -0.4 is 10.1 Å². The molecule has 0 atom stereocenters. The van der Waals surface area contributed by atoms with Crippen LogP contribution in [0.1, 0.15) is 5.69 Å². The van der Waals surface area contributed by atoms with E-state index < -0.39 is 12.4 Å². The summed E-state index contributed by atoms with van der Waals surface area (Å²) < 4.78 is 41.8. The van der Waals surface area contributed by atoms with Gasteiger partial charge in [-0.1, -0.05) is 0 Å². The molecule has 0 aliphatic rings. The molecule has 1 heterocycles. The summed E-state index contributed by atoms with van der Waals surface area (Å²) in [5, 5.41) is 2.72. The second kappa shape index (κ2) is 5.55. The lowest BCUT2D eigenvalue weighted by atomic mass is 10.3. The third-order valence-corrected chi connectivity index (χ3v) is 2.31. The number of hydrogen-bond acceptors (Lipinski definition) is 4. The summed E-state index contributed by atoms with van der Waals surface area (Å²) in [6.07, 6.45) is 1.23. The lowest BCUT2D eigenvalue weighted by Crippen LogP contribution is -2.02. The van der Waals surface area contributed by atoms with E-state index in [0.717, 1.165) is 0 Å². The zero-order valence-corrected chi connectivity index (χ0v) is 9.90. The molecule has 0 unspecified atom stereocenters. The fourth-order valence-electron chi connectivity index (χ4n) is 1.40. The van der Waals surface area contributed by atoms with Gasteiger partial charge in [-0.15, -0.1) is 0 Å². The van der Waals surface area contributed by atoms with Gasteiger partial charge in [0.25, 0.3) is 0 Å². The average Bonchev–Trinajstić information content (AvgIpc) is 2.37. The largest absolute Gasteiger partial charge is 0.435 e. The van der Waals surface area contributed by atoms with Crippen LogP contribution in [0.3, 0.4) is 0 Å². The van der Waals surface area contributed by atoms with E-state index in [1.54, 1.807) is 0 Å². The van der Waals surface area contributed by atoms with Crippen LogP contribution in [0.5, 0.6) is 5.75 Å². The molecule has 1 aromatic heterocycles. The highest BCUT2D eigenvalue weighted by Crippen LogP contribution is 2.22. The Kier molecular flexibility index (Phi) is 3.84. The maximum atomic E-state index is 13.6. The van der Waals surface area contributed by atoms with Gasteiger partial charge in [0.15, 0.2) is 11.6 Å². The Labute approximate surface area is 107 Å². The van der Waals surface area contributed by atoms with Gasteiger partial charge in [0.1, 0.15) is 12.1 Å². The molecule has 0 aliphatic heterocycles. The molecule has 0 fully saturated rings. The van der Waals surface area contributed by atoms with Crippen LogP contribution in [-0.4, -0.2) is 16.6 Å². The highest BCUT2D eigenvalue weighted by Gasteiger charge is 2.08. The summed E-state index contributed by atoms with van der Waals surface area (Å²) in [5.41, 5.74) is 0.716. The van der Waals surface area contributed by atoms with Gasteiger partial charge in [0, 0.05) is 5.69 Å². The minimum absolute atomic E-state index is 0.0232. The van der Waals surface area contributed by atoms with Crippen molar-refractivity contribution in [1.29, 1.82) is 0 Å². The Morgan fingerprint density at radius 2 is 1.84 bits per heavy atom. The first-order valence-corrected chi connectivity index (χ1v) is 5.35. The molecule has 0 spiro atoms. The van der Waals surface area contributed by atoms with Crippen molar-refractivity contribution in [2.24, 2.45) is 0 Å². The second-order valence-corrected chi connectivity index (χ2v) is 3.65. The minimum Gasteiger partial charge on any atom is -0.435 e. The van der Waals surface area contributed by atoms with Crippen LogP contribution in [0, 0.1) is 12.7 Å². The zero-order chi connectivity index (χ0) is 13.8. The summed E-state index contributed by atoms with van der Waals surface area (Å²) in [6.45, 7) is -1.36. The molecule has 4 nitrogen and oxygen atoms in total. The van der Waals surface area contributed by atoms with Crippen LogP contribution in [0.2, 0.25) is 0 Å². The SMILES string of the molecule is Cc1ncnc(Nc2ccc(OC(F)F)cc2)c1F. The fourth-order valence-corrected chi connectivity index (χ4v) is 1.40. The highest BCUT2D eigenvalue weighted by atomic mass is 19.3. The highest BCUT2D eigenvalue weighted by molar-refractivity contribution is 5.57. The van der Waals surface area contributed by atoms with Crippen molar-refractivity contribution >= 4 is 11.5 Å². The van der Waals surface area contributed by atoms with E-state index in [2.05, 4.69) is 20.0 Å². The first kappa shape index (κ1) is 13.1. The van der Waals surface area contributed by atoms with E-state index in [0.29, 0.717) is 5.69 Å². The van der Waals surface area contributed by atoms with Gasteiger partial charge in [-0.3, -0.25) is 0 Å². The van der Waals surface area contributed by atoms with E-state index in [9.17, 15) is 13.2 Å². The molecule has 2 rings (SSSR count). The fraction of sp³-hybridized carbons (Fsp3) is 0.167. The molecule has 0 saturated heterocycles. The number of alkyl halides is 2. The quantitative estimate of drug-likeness (QED) is 0.925. The Morgan fingerprint density at radius 1 is 1.16 bits per heavy atom. The molecule has 2 aromatic rings. The topological polar surface area (TPSA) is 47.0 Å². The second-order valence-electron chi connectivity index (χ2n) is 3.65. The van der Waals surface area contributed by atoms with Crippen LogP contribution in [0.15, 0.2) is 30.6 Å². The number of anilines is 2. The molecule has 0 saturated carbocycles. The molecular formula is C12H10F3N3O. The van der Waals surface area contributed by atoms with Gasteiger partial charge in [0.05, 0.1) is 5.69 Å². The summed E-state index contributed by atoms with van der Waals surface area (Å²) >= 11 is 0. The molecule has 19 heavy (non-hydrogen) atoms. The van der Waals surface area contributed by atoms with Gasteiger partial charge >= 0.3 is 6.61 Å². The van der Waals surface area contributed by atoms with Gasteiger partial charge < -0.3 is 10.1 Å². The summed E-state index contributed by atoms with van der Waals surface area (Å²) in [4.78, 5) is 7.46. The third-order valence-electron chi connectivity index (χ3n) is 2.31. The number of ether oxygens (including phenoxy) is 1. The van der Waals surface area contributed by atoms with Gasteiger partial charge in [-0.05, 0) is 31.2 Å². The van der Waals surface area contributed by atoms with Crippen molar-refractivity contribution in [3.05, 3.63) is 42.1 Å². The predicted molar refractivity (Wildman–Crippen MR) is 63.1 cm³/mol. The van der Waals surface area contributed by atoms with E-state index in [-0.39, 0.29) is 17.3 Å². The van der Waals surface area contributed by atoms with Crippen LogP contribution >= 0.6 is 0 Å². The Balaban J connectivity index is 2.13.